The van der Waals surface area contributed by atoms with Crippen molar-refractivity contribution in [2.24, 2.45) is 5.92 Å². The number of carbonyl (C=O) groups is 1. The van der Waals surface area contributed by atoms with Crippen molar-refractivity contribution < 1.29 is 4.79 Å². The molecule has 20 heavy (non-hydrogen) atoms. The van der Waals surface area contributed by atoms with Crippen molar-refractivity contribution in [2.45, 2.75) is 45.4 Å². The van der Waals surface area contributed by atoms with Crippen LogP contribution < -0.4 is 10.6 Å². The van der Waals surface area contributed by atoms with Crippen LogP contribution in [0.25, 0.3) is 0 Å². The van der Waals surface area contributed by atoms with E-state index in [2.05, 4.69) is 55.7 Å². The van der Waals surface area contributed by atoms with Gasteiger partial charge in [0.1, 0.15) is 0 Å². The topological polar surface area (TPSA) is 41.1 Å². The number of hydrogen-bond donors (Lipinski definition) is 2. The number of aryl methyl sites for hydroxylation is 1. The van der Waals surface area contributed by atoms with Crippen LogP contribution in [0.4, 0.5) is 4.79 Å². The van der Waals surface area contributed by atoms with Crippen LogP contribution in [-0.4, -0.2) is 19.1 Å². The molecule has 0 radical (unpaired) electrons. The summed E-state index contributed by atoms with van der Waals surface area (Å²) in [6.07, 6.45) is 3.36. The van der Waals surface area contributed by atoms with Crippen LogP contribution in [0.15, 0.2) is 24.3 Å². The van der Waals surface area contributed by atoms with E-state index in [0.29, 0.717) is 5.92 Å². The van der Waals surface area contributed by atoms with Gasteiger partial charge in [-0.15, -0.1) is 0 Å². The van der Waals surface area contributed by atoms with Crippen LogP contribution >= 0.6 is 0 Å². The fraction of sp³-hybridized carbons (Fsp3) is 0.588. The zero-order valence-corrected chi connectivity index (χ0v) is 12.8. The molecule has 0 unspecified atom stereocenters. The lowest BCUT2D eigenvalue weighted by atomic mass is 9.95. The number of nitrogens with one attached hydrogen (secondary N) is 2. The third-order valence-electron chi connectivity index (χ3n) is 4.11. The minimum absolute atomic E-state index is 0.0379. The van der Waals surface area contributed by atoms with Crippen molar-refractivity contribution >= 4 is 6.03 Å². The summed E-state index contributed by atoms with van der Waals surface area (Å²) in [6.45, 7) is 7.92. The first kappa shape index (κ1) is 14.9. The summed E-state index contributed by atoms with van der Waals surface area (Å²) in [6, 6.07) is 8.65. The second kappa shape index (κ2) is 6.29. The summed E-state index contributed by atoms with van der Waals surface area (Å²) in [4.78, 5) is 11.8. The number of carbonyl (C=O) groups excluding carboxylic acids is 1. The summed E-state index contributed by atoms with van der Waals surface area (Å²) in [7, 11) is 0. The van der Waals surface area contributed by atoms with Gasteiger partial charge in [-0.25, -0.2) is 4.79 Å². The van der Waals surface area contributed by atoms with Gasteiger partial charge in [-0.2, -0.15) is 0 Å². The van der Waals surface area contributed by atoms with Gasteiger partial charge in [-0.05, 0) is 37.7 Å². The second-order valence-corrected chi connectivity index (χ2v) is 6.44. The van der Waals surface area contributed by atoms with E-state index in [1.54, 1.807) is 0 Å². The smallest absolute Gasteiger partial charge is 0.314 e. The first-order valence-electron chi connectivity index (χ1n) is 7.61. The van der Waals surface area contributed by atoms with Crippen molar-refractivity contribution in [3.63, 3.8) is 0 Å². The molecule has 0 atom stereocenters. The average Bonchev–Trinajstić information content (AvgIpc) is 3.18. The lowest BCUT2D eigenvalue weighted by molar-refractivity contribution is 0.239. The molecule has 1 aliphatic rings. The highest BCUT2D eigenvalue weighted by molar-refractivity contribution is 5.74. The standard InChI is InChI=1S/C17H26N2O/c1-13(2)8-11-18-16(20)19-12-17(9-10-17)15-6-4-14(3)5-7-15/h4-7,13H,8-12H2,1-3H3,(H2,18,19,20). The lowest BCUT2D eigenvalue weighted by Crippen LogP contribution is -2.40. The maximum absolute atomic E-state index is 11.8. The van der Waals surface area contributed by atoms with Gasteiger partial charge in [-0.1, -0.05) is 43.7 Å². The summed E-state index contributed by atoms with van der Waals surface area (Å²) in [5, 5.41) is 5.95. The molecule has 0 saturated heterocycles. The lowest BCUT2D eigenvalue weighted by Gasteiger charge is -2.17. The molecule has 0 spiro atoms. The van der Waals surface area contributed by atoms with E-state index in [4.69, 9.17) is 0 Å². The van der Waals surface area contributed by atoms with E-state index in [1.807, 2.05) is 0 Å². The Morgan fingerprint density at radius 2 is 1.85 bits per heavy atom. The third-order valence-corrected chi connectivity index (χ3v) is 4.11. The van der Waals surface area contributed by atoms with Gasteiger partial charge < -0.3 is 10.6 Å². The van der Waals surface area contributed by atoms with Crippen LogP contribution in [0.5, 0.6) is 0 Å². The van der Waals surface area contributed by atoms with Crippen LogP contribution in [0.2, 0.25) is 0 Å². The molecule has 3 heteroatoms. The Morgan fingerprint density at radius 3 is 2.40 bits per heavy atom. The van der Waals surface area contributed by atoms with E-state index >= 15 is 0 Å². The third kappa shape index (κ3) is 3.99. The molecule has 0 aromatic heterocycles. The first-order chi connectivity index (χ1) is 9.52. The predicted molar refractivity (Wildman–Crippen MR) is 82.9 cm³/mol. The first-order valence-corrected chi connectivity index (χ1v) is 7.61. The molecular formula is C17H26N2O. The Morgan fingerprint density at radius 1 is 1.20 bits per heavy atom. The Labute approximate surface area is 122 Å². The van der Waals surface area contributed by atoms with E-state index in [1.165, 1.54) is 24.0 Å². The molecule has 0 aliphatic heterocycles. The Balaban J connectivity index is 1.78. The van der Waals surface area contributed by atoms with E-state index in [0.717, 1.165) is 19.5 Å². The number of hydrogen-bond acceptors (Lipinski definition) is 1. The molecule has 1 aliphatic carbocycles. The second-order valence-electron chi connectivity index (χ2n) is 6.44. The average molecular weight is 274 g/mol. The van der Waals surface area contributed by atoms with Gasteiger partial charge in [0, 0.05) is 18.5 Å². The van der Waals surface area contributed by atoms with Crippen molar-refractivity contribution in [2.75, 3.05) is 13.1 Å². The summed E-state index contributed by atoms with van der Waals surface area (Å²) < 4.78 is 0. The fourth-order valence-electron chi connectivity index (χ4n) is 2.41. The number of amides is 2. The highest BCUT2D eigenvalue weighted by Crippen LogP contribution is 2.47. The Bertz CT molecular complexity index is 447. The van der Waals surface area contributed by atoms with Crippen molar-refractivity contribution in [3.8, 4) is 0 Å². The molecule has 2 rings (SSSR count). The monoisotopic (exact) mass is 274 g/mol. The van der Waals surface area contributed by atoms with E-state index < -0.39 is 0 Å². The minimum atomic E-state index is -0.0379. The molecule has 3 nitrogen and oxygen atoms in total. The Hall–Kier alpha value is -1.51. The van der Waals surface area contributed by atoms with Gasteiger partial charge >= 0.3 is 6.03 Å². The highest BCUT2D eigenvalue weighted by atomic mass is 16.2. The maximum Gasteiger partial charge on any atom is 0.314 e. The van der Waals surface area contributed by atoms with Crippen molar-refractivity contribution in [1.82, 2.24) is 10.6 Å². The minimum Gasteiger partial charge on any atom is -0.338 e. The quantitative estimate of drug-likeness (QED) is 0.820. The fourth-order valence-corrected chi connectivity index (χ4v) is 2.41. The molecule has 0 bridgehead atoms. The van der Waals surface area contributed by atoms with Crippen LogP contribution in [0.1, 0.15) is 44.2 Å². The highest BCUT2D eigenvalue weighted by Gasteiger charge is 2.44. The zero-order valence-electron chi connectivity index (χ0n) is 12.8. The number of urea groups is 1. The van der Waals surface area contributed by atoms with Gasteiger partial charge in [0.15, 0.2) is 0 Å². The molecule has 1 aromatic carbocycles. The van der Waals surface area contributed by atoms with Gasteiger partial charge in [0.25, 0.3) is 0 Å². The van der Waals surface area contributed by atoms with Crippen molar-refractivity contribution in [1.29, 1.82) is 0 Å². The van der Waals surface area contributed by atoms with Crippen LogP contribution in [0.3, 0.4) is 0 Å². The Kier molecular flexibility index (Phi) is 4.69. The van der Waals surface area contributed by atoms with Gasteiger partial charge in [0.2, 0.25) is 0 Å². The molecule has 2 amide bonds. The SMILES string of the molecule is Cc1ccc(C2(CNC(=O)NCCC(C)C)CC2)cc1. The number of benzene rings is 1. The van der Waals surface area contributed by atoms with E-state index in [-0.39, 0.29) is 11.4 Å². The van der Waals surface area contributed by atoms with Gasteiger partial charge in [-0.3, -0.25) is 0 Å². The molecule has 1 fully saturated rings. The summed E-state index contributed by atoms with van der Waals surface area (Å²) >= 11 is 0. The number of rotatable bonds is 6. The van der Waals surface area contributed by atoms with Gasteiger partial charge in [0.05, 0.1) is 0 Å². The van der Waals surface area contributed by atoms with E-state index in [9.17, 15) is 4.79 Å². The maximum atomic E-state index is 11.8. The summed E-state index contributed by atoms with van der Waals surface area (Å²) in [5.41, 5.74) is 2.82. The molecule has 1 saturated carbocycles. The zero-order chi connectivity index (χ0) is 14.6. The summed E-state index contributed by atoms with van der Waals surface area (Å²) in [5.74, 6) is 0.623. The van der Waals surface area contributed by atoms with Crippen molar-refractivity contribution in [3.05, 3.63) is 35.4 Å². The largest absolute Gasteiger partial charge is 0.338 e. The molecule has 0 heterocycles. The normalized spacial score (nSPS) is 16.0. The molecule has 1 aromatic rings. The van der Waals surface area contributed by atoms with Crippen LogP contribution in [0, 0.1) is 12.8 Å². The molecule has 2 N–H and O–H groups in total. The molecular weight excluding hydrogens is 248 g/mol. The molecule has 110 valence electrons. The van der Waals surface area contributed by atoms with Crippen LogP contribution in [-0.2, 0) is 5.41 Å². The predicted octanol–water partition coefficient (Wildman–Crippen LogP) is 3.37.